The molecule has 1 heterocycles. The second-order valence-corrected chi connectivity index (χ2v) is 7.93. The van der Waals surface area contributed by atoms with Crippen LogP contribution in [0.3, 0.4) is 0 Å². The summed E-state index contributed by atoms with van der Waals surface area (Å²) in [6.45, 7) is -0.436. The molecule has 1 unspecified atom stereocenters. The number of carbonyl (C=O) groups is 1. The lowest BCUT2D eigenvalue weighted by molar-refractivity contribution is -0.139. The molecule has 3 N–H and O–H groups in total. The Morgan fingerprint density at radius 3 is 2.61 bits per heavy atom. The molecule has 0 saturated carbocycles. The lowest BCUT2D eigenvalue weighted by Gasteiger charge is -2.12. The van der Waals surface area contributed by atoms with Crippen LogP contribution in [0.4, 0.5) is 0 Å². The molecule has 0 aliphatic heterocycles. The first-order valence-corrected chi connectivity index (χ1v) is 8.06. The van der Waals surface area contributed by atoms with Gasteiger partial charge in [0, 0.05) is 6.61 Å². The largest absolute Gasteiger partial charge is 0.480 e. The van der Waals surface area contributed by atoms with E-state index in [-0.39, 0.29) is 15.7 Å². The highest BCUT2D eigenvalue weighted by atomic mass is 79.9. The van der Waals surface area contributed by atoms with Crippen LogP contribution in [-0.4, -0.2) is 37.2 Å². The standard InChI is InChI=1S/C8H9BrClNO5S2/c9-7-4(10)3-6(17-7)18(15,16)11-5(1-2-12)8(13)14/h3,5,11-12H,1-2H2,(H,13,14). The molecule has 0 saturated heterocycles. The van der Waals surface area contributed by atoms with E-state index in [1.54, 1.807) is 0 Å². The highest BCUT2D eigenvalue weighted by Crippen LogP contribution is 2.34. The Morgan fingerprint density at radius 1 is 1.61 bits per heavy atom. The minimum Gasteiger partial charge on any atom is -0.480 e. The van der Waals surface area contributed by atoms with E-state index in [1.165, 1.54) is 6.07 Å². The number of aliphatic carboxylic acids is 1. The summed E-state index contributed by atoms with van der Waals surface area (Å²) in [6.07, 6.45) is -0.213. The lowest BCUT2D eigenvalue weighted by Crippen LogP contribution is -2.41. The minimum atomic E-state index is -3.97. The molecule has 0 aliphatic rings. The highest BCUT2D eigenvalue weighted by Gasteiger charge is 2.26. The van der Waals surface area contributed by atoms with E-state index in [0.29, 0.717) is 3.79 Å². The molecule has 1 aromatic heterocycles. The van der Waals surface area contributed by atoms with Crippen molar-refractivity contribution in [2.45, 2.75) is 16.7 Å². The molecule has 0 fully saturated rings. The zero-order valence-electron chi connectivity index (χ0n) is 8.76. The molecule has 10 heteroatoms. The Bertz CT molecular complexity index is 524. The summed E-state index contributed by atoms with van der Waals surface area (Å²) in [4.78, 5) is 10.8. The van der Waals surface area contributed by atoms with Gasteiger partial charge in [-0.2, -0.15) is 4.72 Å². The van der Waals surface area contributed by atoms with Crippen molar-refractivity contribution < 1.29 is 23.4 Å². The molecule has 102 valence electrons. The third-order valence-electron chi connectivity index (χ3n) is 1.90. The topological polar surface area (TPSA) is 104 Å². The van der Waals surface area contributed by atoms with Gasteiger partial charge in [0.15, 0.2) is 0 Å². The predicted molar refractivity (Wildman–Crippen MR) is 70.5 cm³/mol. The van der Waals surface area contributed by atoms with Gasteiger partial charge in [-0.05, 0) is 28.4 Å². The summed E-state index contributed by atoms with van der Waals surface area (Å²) in [5.41, 5.74) is 0. The molecule has 0 spiro atoms. The van der Waals surface area contributed by atoms with E-state index in [4.69, 9.17) is 21.8 Å². The van der Waals surface area contributed by atoms with Crippen molar-refractivity contribution in [3.63, 3.8) is 0 Å². The van der Waals surface area contributed by atoms with Gasteiger partial charge in [-0.15, -0.1) is 11.3 Å². The number of halogens is 2. The number of aliphatic hydroxyl groups is 1. The molecule has 0 amide bonds. The van der Waals surface area contributed by atoms with Gasteiger partial charge in [-0.3, -0.25) is 4.79 Å². The Balaban J connectivity index is 2.96. The maximum Gasteiger partial charge on any atom is 0.321 e. The Labute approximate surface area is 121 Å². The summed E-state index contributed by atoms with van der Waals surface area (Å²) in [5.74, 6) is -1.35. The first kappa shape index (κ1) is 15.9. The van der Waals surface area contributed by atoms with Crippen molar-refractivity contribution >= 4 is 54.9 Å². The molecule has 1 rings (SSSR count). The second-order valence-electron chi connectivity index (χ2n) is 3.21. The molecule has 0 aliphatic carbocycles. The number of nitrogens with one attached hydrogen (secondary N) is 1. The second kappa shape index (κ2) is 6.31. The van der Waals surface area contributed by atoms with Gasteiger partial charge >= 0.3 is 5.97 Å². The van der Waals surface area contributed by atoms with E-state index in [9.17, 15) is 13.2 Å². The molecule has 18 heavy (non-hydrogen) atoms. The first-order valence-electron chi connectivity index (χ1n) is 4.58. The summed E-state index contributed by atoms with van der Waals surface area (Å²) in [6, 6.07) is -0.157. The maximum atomic E-state index is 11.9. The quantitative estimate of drug-likeness (QED) is 0.692. The smallest absolute Gasteiger partial charge is 0.321 e. The van der Waals surface area contributed by atoms with Crippen molar-refractivity contribution in [3.05, 3.63) is 14.9 Å². The van der Waals surface area contributed by atoms with Gasteiger partial charge in [-0.1, -0.05) is 11.6 Å². The average Bonchev–Trinajstić information content (AvgIpc) is 2.59. The SMILES string of the molecule is O=C(O)C(CCO)NS(=O)(=O)c1cc(Cl)c(Br)s1. The fourth-order valence-electron chi connectivity index (χ4n) is 1.07. The summed E-state index contributed by atoms with van der Waals surface area (Å²) in [5, 5.41) is 17.7. The number of hydrogen-bond donors (Lipinski definition) is 3. The van der Waals surface area contributed by atoms with Crippen LogP contribution in [0.25, 0.3) is 0 Å². The van der Waals surface area contributed by atoms with E-state index in [0.717, 1.165) is 11.3 Å². The van der Waals surface area contributed by atoms with E-state index in [2.05, 4.69) is 15.9 Å². The lowest BCUT2D eigenvalue weighted by atomic mass is 10.2. The number of carboxylic acids is 1. The normalized spacial score (nSPS) is 13.5. The third kappa shape index (κ3) is 3.90. The van der Waals surface area contributed by atoms with Crippen LogP contribution in [-0.2, 0) is 14.8 Å². The van der Waals surface area contributed by atoms with Crippen molar-refractivity contribution in [1.29, 1.82) is 0 Å². The molecule has 0 radical (unpaired) electrons. The molecule has 0 aromatic carbocycles. The highest BCUT2D eigenvalue weighted by molar-refractivity contribution is 9.11. The van der Waals surface area contributed by atoms with Crippen LogP contribution in [0.1, 0.15) is 6.42 Å². The first-order chi connectivity index (χ1) is 8.27. The zero-order chi connectivity index (χ0) is 13.9. The Kier molecular flexibility index (Phi) is 5.56. The number of rotatable bonds is 6. The van der Waals surface area contributed by atoms with Crippen molar-refractivity contribution in [2.24, 2.45) is 0 Å². The number of thiophene rings is 1. The van der Waals surface area contributed by atoms with Crippen LogP contribution in [0.5, 0.6) is 0 Å². The van der Waals surface area contributed by atoms with Gasteiger partial charge in [-0.25, -0.2) is 8.42 Å². The van der Waals surface area contributed by atoms with E-state index < -0.39 is 28.6 Å². The molecule has 6 nitrogen and oxygen atoms in total. The van der Waals surface area contributed by atoms with Crippen molar-refractivity contribution in [3.8, 4) is 0 Å². The van der Waals surface area contributed by atoms with Gasteiger partial charge in [0.05, 0.1) is 8.81 Å². The third-order valence-corrected chi connectivity index (χ3v) is 6.32. The molecular formula is C8H9BrClNO5S2. The number of hydrogen-bond acceptors (Lipinski definition) is 5. The van der Waals surface area contributed by atoms with Crippen molar-refractivity contribution in [2.75, 3.05) is 6.61 Å². The fourth-order valence-corrected chi connectivity index (χ4v) is 4.71. The predicted octanol–water partition coefficient (Wildman–Crippen LogP) is 1.28. The Hall–Kier alpha value is -0.190. The zero-order valence-corrected chi connectivity index (χ0v) is 12.7. The number of carboxylic acid groups (broad SMARTS) is 1. The average molecular weight is 379 g/mol. The Morgan fingerprint density at radius 2 is 2.22 bits per heavy atom. The monoisotopic (exact) mass is 377 g/mol. The molecule has 0 bridgehead atoms. The van der Waals surface area contributed by atoms with Crippen LogP contribution in [0.15, 0.2) is 14.1 Å². The summed E-state index contributed by atoms with van der Waals surface area (Å²) < 4.78 is 26.1. The van der Waals surface area contributed by atoms with Crippen LogP contribution in [0.2, 0.25) is 5.02 Å². The summed E-state index contributed by atoms with van der Waals surface area (Å²) >= 11 is 9.66. The van der Waals surface area contributed by atoms with Gasteiger partial charge in [0.25, 0.3) is 10.0 Å². The van der Waals surface area contributed by atoms with Gasteiger partial charge < -0.3 is 10.2 Å². The van der Waals surface area contributed by atoms with Crippen molar-refractivity contribution in [1.82, 2.24) is 4.72 Å². The van der Waals surface area contributed by atoms with Crippen LogP contribution in [0, 0.1) is 0 Å². The number of sulfonamides is 1. The maximum absolute atomic E-state index is 11.9. The minimum absolute atomic E-state index is 0.0939. The summed E-state index contributed by atoms with van der Waals surface area (Å²) in [7, 11) is -3.97. The number of aliphatic hydroxyl groups excluding tert-OH is 1. The van der Waals surface area contributed by atoms with Crippen LogP contribution >= 0.6 is 38.9 Å². The molecule has 1 aromatic rings. The van der Waals surface area contributed by atoms with Gasteiger partial charge in [0.2, 0.25) is 0 Å². The molecule has 1 atom stereocenters. The van der Waals surface area contributed by atoms with Crippen LogP contribution < -0.4 is 4.72 Å². The van der Waals surface area contributed by atoms with E-state index >= 15 is 0 Å². The fraction of sp³-hybridized carbons (Fsp3) is 0.375. The molecular weight excluding hydrogens is 370 g/mol. The van der Waals surface area contributed by atoms with E-state index in [1.807, 2.05) is 4.72 Å². The van der Waals surface area contributed by atoms with Gasteiger partial charge in [0.1, 0.15) is 10.3 Å².